The molecule has 0 saturated heterocycles. The van der Waals surface area contributed by atoms with Crippen LogP contribution in [0, 0.1) is 5.41 Å². The number of ketones is 1. The zero-order valence-electron chi connectivity index (χ0n) is 20.0. The van der Waals surface area contributed by atoms with Gasteiger partial charge in [0, 0.05) is 65.8 Å². The van der Waals surface area contributed by atoms with Crippen LogP contribution < -0.4 is 19.7 Å². The van der Waals surface area contributed by atoms with E-state index in [1.165, 1.54) is 5.69 Å². The van der Waals surface area contributed by atoms with Crippen molar-refractivity contribution < 1.29 is 14.3 Å². The van der Waals surface area contributed by atoms with Crippen molar-refractivity contribution in [3.8, 4) is 11.5 Å². The number of rotatable bonds is 6. The minimum atomic E-state index is -0.170. The fraction of sp³-hybridized carbons (Fsp3) is 0.444. The molecule has 1 aliphatic carbocycles. The van der Waals surface area contributed by atoms with Crippen LogP contribution in [-0.2, 0) is 4.79 Å². The van der Waals surface area contributed by atoms with Crippen LogP contribution in [0.25, 0.3) is 0 Å². The minimum Gasteiger partial charge on any atom is -0.497 e. The van der Waals surface area contributed by atoms with Gasteiger partial charge in [0.25, 0.3) is 0 Å². The minimum absolute atomic E-state index is 0.0689. The molecule has 0 aromatic heterocycles. The van der Waals surface area contributed by atoms with Gasteiger partial charge in [0.15, 0.2) is 5.78 Å². The molecule has 0 bridgehead atoms. The Morgan fingerprint density at radius 1 is 1.03 bits per heavy atom. The van der Waals surface area contributed by atoms with Gasteiger partial charge in [-0.2, -0.15) is 0 Å². The molecule has 1 N–H and O–H groups in total. The van der Waals surface area contributed by atoms with Gasteiger partial charge in [-0.05, 0) is 43.4 Å². The third-order valence-electron chi connectivity index (χ3n) is 6.71. The summed E-state index contributed by atoms with van der Waals surface area (Å²) in [6.45, 7) is 10.6. The first-order chi connectivity index (χ1) is 15.3. The quantitative estimate of drug-likeness (QED) is 0.627. The Hall–Kier alpha value is -2.95. The van der Waals surface area contributed by atoms with Crippen molar-refractivity contribution in [2.45, 2.75) is 46.5 Å². The summed E-state index contributed by atoms with van der Waals surface area (Å²) in [5.74, 6) is 1.50. The molecule has 170 valence electrons. The second-order valence-electron chi connectivity index (χ2n) is 9.45. The molecule has 5 heteroatoms. The van der Waals surface area contributed by atoms with Crippen LogP contribution in [0.15, 0.2) is 47.7 Å². The molecule has 1 aliphatic heterocycles. The normalized spacial score (nSPS) is 19.1. The highest BCUT2D eigenvalue weighted by Crippen LogP contribution is 2.52. The summed E-state index contributed by atoms with van der Waals surface area (Å²) in [5, 5.41) is 3.57. The number of ether oxygens (including phenoxy) is 2. The maximum absolute atomic E-state index is 13.5. The van der Waals surface area contributed by atoms with E-state index in [0.29, 0.717) is 6.42 Å². The second-order valence-corrected chi connectivity index (χ2v) is 9.45. The molecular weight excluding hydrogens is 400 g/mol. The van der Waals surface area contributed by atoms with Gasteiger partial charge >= 0.3 is 0 Å². The predicted octanol–water partition coefficient (Wildman–Crippen LogP) is 5.75. The number of nitrogens with one attached hydrogen (secondary N) is 1. The molecule has 0 radical (unpaired) electrons. The van der Waals surface area contributed by atoms with Gasteiger partial charge in [0.05, 0.1) is 14.2 Å². The number of benzene rings is 2. The number of methoxy groups -OCH3 is 2. The number of fused-ring (bicyclic) bond motifs is 1. The van der Waals surface area contributed by atoms with E-state index in [4.69, 9.17) is 9.47 Å². The average molecular weight is 435 g/mol. The van der Waals surface area contributed by atoms with Crippen molar-refractivity contribution in [2.75, 3.05) is 37.5 Å². The number of Topliss-reactive ketones (excluding diaryl/α,β-unsaturated/α-hetero) is 1. The van der Waals surface area contributed by atoms with Gasteiger partial charge in [-0.1, -0.05) is 26.0 Å². The zero-order valence-corrected chi connectivity index (χ0v) is 20.0. The molecule has 1 unspecified atom stereocenters. The number of hydrogen-bond acceptors (Lipinski definition) is 5. The van der Waals surface area contributed by atoms with Crippen molar-refractivity contribution in [1.82, 2.24) is 0 Å². The van der Waals surface area contributed by atoms with Crippen LogP contribution in [0.4, 0.5) is 11.4 Å². The first kappa shape index (κ1) is 22.3. The molecule has 0 saturated carbocycles. The summed E-state index contributed by atoms with van der Waals surface area (Å²) in [5.41, 5.74) is 6.06. The highest BCUT2D eigenvalue weighted by atomic mass is 16.5. The molecule has 2 aliphatic rings. The van der Waals surface area contributed by atoms with Gasteiger partial charge in [0.2, 0.25) is 0 Å². The molecule has 2 aromatic carbocycles. The molecule has 32 heavy (non-hydrogen) atoms. The Balaban J connectivity index is 1.90. The largest absolute Gasteiger partial charge is 0.497 e. The Morgan fingerprint density at radius 2 is 1.72 bits per heavy atom. The van der Waals surface area contributed by atoms with Crippen LogP contribution in [0.2, 0.25) is 0 Å². The highest BCUT2D eigenvalue weighted by Gasteiger charge is 2.42. The molecule has 5 nitrogen and oxygen atoms in total. The van der Waals surface area contributed by atoms with Crippen LogP contribution in [0.5, 0.6) is 11.5 Å². The van der Waals surface area contributed by atoms with Crippen LogP contribution in [-0.4, -0.2) is 33.1 Å². The molecule has 1 atom stereocenters. The van der Waals surface area contributed by atoms with Crippen LogP contribution in [0.3, 0.4) is 0 Å². The summed E-state index contributed by atoms with van der Waals surface area (Å²) >= 11 is 0. The molecule has 4 rings (SSSR count). The lowest BCUT2D eigenvalue weighted by atomic mass is 9.68. The SMILES string of the molecule is CCN(CC)c1ccc(C2C3=C(CC(C)(C)CC3=O)Nc3cc(OC)cc(OC)c32)cc1. The maximum Gasteiger partial charge on any atom is 0.162 e. The Kier molecular flexibility index (Phi) is 5.93. The number of carbonyl (C=O) groups excluding carboxylic acids is 1. The van der Waals surface area contributed by atoms with Crippen molar-refractivity contribution in [3.05, 3.63) is 58.8 Å². The van der Waals surface area contributed by atoms with Crippen molar-refractivity contribution >= 4 is 17.2 Å². The number of anilines is 2. The number of nitrogens with zero attached hydrogens (tertiary/aromatic N) is 1. The number of carbonyl (C=O) groups is 1. The monoisotopic (exact) mass is 434 g/mol. The molecule has 1 heterocycles. The van der Waals surface area contributed by atoms with Gasteiger partial charge in [0.1, 0.15) is 11.5 Å². The predicted molar refractivity (Wildman–Crippen MR) is 130 cm³/mol. The van der Waals surface area contributed by atoms with Gasteiger partial charge in [-0.15, -0.1) is 0 Å². The first-order valence-corrected chi connectivity index (χ1v) is 11.5. The van der Waals surface area contributed by atoms with E-state index in [-0.39, 0.29) is 17.1 Å². The second kappa shape index (κ2) is 8.53. The van der Waals surface area contributed by atoms with Crippen molar-refractivity contribution in [2.24, 2.45) is 5.41 Å². The van der Waals surface area contributed by atoms with E-state index in [9.17, 15) is 4.79 Å². The van der Waals surface area contributed by atoms with Crippen LogP contribution in [0.1, 0.15) is 57.6 Å². The smallest absolute Gasteiger partial charge is 0.162 e. The van der Waals surface area contributed by atoms with Crippen molar-refractivity contribution in [1.29, 1.82) is 0 Å². The Bertz CT molecular complexity index is 1050. The maximum atomic E-state index is 13.5. The lowest BCUT2D eigenvalue weighted by Crippen LogP contribution is -2.34. The summed E-state index contributed by atoms with van der Waals surface area (Å²) in [7, 11) is 3.33. The average Bonchev–Trinajstić information content (AvgIpc) is 2.77. The summed E-state index contributed by atoms with van der Waals surface area (Å²) < 4.78 is 11.3. The van der Waals surface area contributed by atoms with Crippen molar-refractivity contribution in [3.63, 3.8) is 0 Å². The first-order valence-electron chi connectivity index (χ1n) is 11.5. The van der Waals surface area contributed by atoms with Gasteiger partial charge < -0.3 is 19.7 Å². The summed E-state index contributed by atoms with van der Waals surface area (Å²) in [6.07, 6.45) is 1.39. The molecule has 0 amide bonds. The zero-order chi connectivity index (χ0) is 23.0. The van der Waals surface area contributed by atoms with Gasteiger partial charge in [-0.3, -0.25) is 4.79 Å². The fourth-order valence-electron chi connectivity index (χ4n) is 5.18. The van der Waals surface area contributed by atoms with Gasteiger partial charge in [-0.25, -0.2) is 0 Å². The molecule has 2 aromatic rings. The molecule has 0 spiro atoms. The third kappa shape index (κ3) is 3.85. The lowest BCUT2D eigenvalue weighted by Gasteiger charge is -2.40. The summed E-state index contributed by atoms with van der Waals surface area (Å²) in [4.78, 5) is 15.8. The van der Waals surface area contributed by atoms with E-state index in [0.717, 1.165) is 59.1 Å². The topological polar surface area (TPSA) is 50.8 Å². The number of hydrogen-bond donors (Lipinski definition) is 1. The highest BCUT2D eigenvalue weighted by molar-refractivity contribution is 6.02. The standard InChI is InChI=1S/C27H34N2O3/c1-7-29(8-2)18-11-9-17(10-12-18)24-25-21(15-27(3,4)16-22(25)30)28-20-13-19(31-5)14-23(32-6)26(20)24/h9-14,24,28H,7-8,15-16H2,1-6H3. The molecular formula is C27H34N2O3. The van der Waals surface area contributed by atoms with E-state index < -0.39 is 0 Å². The van der Waals surface area contributed by atoms with Crippen LogP contribution >= 0.6 is 0 Å². The lowest BCUT2D eigenvalue weighted by molar-refractivity contribution is -0.118. The molecule has 0 fully saturated rings. The third-order valence-corrected chi connectivity index (χ3v) is 6.71. The Labute approximate surface area is 191 Å². The Morgan fingerprint density at radius 3 is 2.31 bits per heavy atom. The number of allylic oxidation sites excluding steroid dienone is 2. The van der Waals surface area contributed by atoms with E-state index in [2.05, 4.69) is 62.2 Å². The summed E-state index contributed by atoms with van der Waals surface area (Å²) in [6, 6.07) is 12.6. The van der Waals surface area contributed by atoms with E-state index in [1.54, 1.807) is 14.2 Å². The van der Waals surface area contributed by atoms with E-state index >= 15 is 0 Å². The fourth-order valence-corrected chi connectivity index (χ4v) is 5.18. The van der Waals surface area contributed by atoms with E-state index in [1.807, 2.05) is 12.1 Å².